The highest BCUT2D eigenvalue weighted by Crippen LogP contribution is 2.36. The lowest BCUT2D eigenvalue weighted by Crippen LogP contribution is -2.17. The maximum absolute atomic E-state index is 11.4. The molecule has 0 spiro atoms. The summed E-state index contributed by atoms with van der Waals surface area (Å²) >= 11 is 0. The molecule has 94 valence electrons. The first kappa shape index (κ1) is 11.2. The molecule has 2 aliphatic heterocycles. The van der Waals surface area contributed by atoms with E-state index in [0.717, 1.165) is 16.8 Å². The minimum Gasteiger partial charge on any atom is -0.481 e. The third-order valence-corrected chi connectivity index (χ3v) is 3.65. The number of hydrogen-bond donors (Lipinski definition) is 3. The molecule has 1 amide bonds. The van der Waals surface area contributed by atoms with Crippen LogP contribution in [0.5, 0.6) is 0 Å². The van der Waals surface area contributed by atoms with Gasteiger partial charge < -0.3 is 15.7 Å². The van der Waals surface area contributed by atoms with Crippen LogP contribution in [0.4, 0.5) is 5.69 Å². The molecule has 2 aliphatic rings. The average molecular weight is 246 g/mol. The Kier molecular flexibility index (Phi) is 2.56. The van der Waals surface area contributed by atoms with Crippen LogP contribution in [-0.2, 0) is 16.0 Å². The van der Waals surface area contributed by atoms with Crippen LogP contribution in [0.1, 0.15) is 23.6 Å². The monoisotopic (exact) mass is 246 g/mol. The second-order valence-electron chi connectivity index (χ2n) is 4.84. The van der Waals surface area contributed by atoms with Crippen LogP contribution in [0.2, 0.25) is 0 Å². The summed E-state index contributed by atoms with van der Waals surface area (Å²) in [5, 5.41) is 15.1. The minimum atomic E-state index is -0.762. The number of anilines is 1. The van der Waals surface area contributed by atoms with Gasteiger partial charge in [0.2, 0.25) is 5.91 Å². The molecule has 5 nitrogen and oxygen atoms in total. The lowest BCUT2D eigenvalue weighted by atomic mass is 9.97. The van der Waals surface area contributed by atoms with E-state index in [2.05, 4.69) is 10.6 Å². The molecule has 1 fully saturated rings. The molecule has 3 N–H and O–H groups in total. The maximum Gasteiger partial charge on any atom is 0.307 e. The van der Waals surface area contributed by atoms with Gasteiger partial charge in [-0.15, -0.1) is 0 Å². The molecule has 2 unspecified atom stereocenters. The van der Waals surface area contributed by atoms with E-state index in [9.17, 15) is 9.59 Å². The highest BCUT2D eigenvalue weighted by atomic mass is 16.4. The normalized spacial score (nSPS) is 25.9. The van der Waals surface area contributed by atoms with Crippen molar-refractivity contribution < 1.29 is 14.7 Å². The third-order valence-electron chi connectivity index (χ3n) is 3.65. The van der Waals surface area contributed by atoms with Crippen molar-refractivity contribution in [3.8, 4) is 0 Å². The van der Waals surface area contributed by atoms with E-state index in [4.69, 9.17) is 5.11 Å². The molecule has 0 saturated carbocycles. The molecule has 1 saturated heterocycles. The molecule has 2 heterocycles. The number of carbonyl (C=O) groups is 2. The summed E-state index contributed by atoms with van der Waals surface area (Å²) < 4.78 is 0. The van der Waals surface area contributed by atoms with Crippen LogP contribution in [-0.4, -0.2) is 23.5 Å². The Balaban J connectivity index is 1.89. The summed E-state index contributed by atoms with van der Waals surface area (Å²) in [6, 6.07) is 5.82. The first-order valence-corrected chi connectivity index (χ1v) is 6.03. The molecular formula is C13H14N2O3. The van der Waals surface area contributed by atoms with E-state index in [0.29, 0.717) is 19.4 Å². The third kappa shape index (κ3) is 1.76. The number of nitrogens with one attached hydrogen (secondary N) is 2. The molecular weight excluding hydrogens is 232 g/mol. The largest absolute Gasteiger partial charge is 0.481 e. The molecule has 2 atom stereocenters. The van der Waals surface area contributed by atoms with E-state index in [1.807, 2.05) is 18.2 Å². The van der Waals surface area contributed by atoms with Crippen molar-refractivity contribution in [1.29, 1.82) is 0 Å². The predicted octanol–water partition coefficient (Wildman–Crippen LogP) is 0.916. The van der Waals surface area contributed by atoms with Crippen molar-refractivity contribution in [2.75, 3.05) is 11.9 Å². The van der Waals surface area contributed by atoms with Crippen LogP contribution in [0.3, 0.4) is 0 Å². The first-order valence-electron chi connectivity index (χ1n) is 6.03. The minimum absolute atomic E-state index is 0.00484. The number of hydrogen-bond acceptors (Lipinski definition) is 3. The highest BCUT2D eigenvalue weighted by molar-refractivity contribution is 6.00. The van der Waals surface area contributed by atoms with Crippen molar-refractivity contribution in [1.82, 2.24) is 5.32 Å². The zero-order valence-corrected chi connectivity index (χ0v) is 9.77. The number of amides is 1. The molecule has 0 bridgehead atoms. The van der Waals surface area contributed by atoms with E-state index in [1.165, 1.54) is 0 Å². The fourth-order valence-electron chi connectivity index (χ4n) is 2.73. The SMILES string of the molecule is O=C1Cc2cccc(C3CC(C(=O)O)CN3)c2N1. The van der Waals surface area contributed by atoms with E-state index < -0.39 is 5.97 Å². The molecule has 5 heteroatoms. The summed E-state index contributed by atoms with van der Waals surface area (Å²) in [7, 11) is 0. The number of carboxylic acids is 1. The molecule has 1 aromatic rings. The molecule has 0 radical (unpaired) electrons. The number of rotatable bonds is 2. The van der Waals surface area contributed by atoms with Crippen molar-refractivity contribution in [2.24, 2.45) is 5.92 Å². The van der Waals surface area contributed by atoms with Crippen LogP contribution >= 0.6 is 0 Å². The van der Waals surface area contributed by atoms with Gasteiger partial charge >= 0.3 is 5.97 Å². The number of carboxylic acid groups (broad SMARTS) is 1. The molecule has 0 aromatic heterocycles. The quantitative estimate of drug-likeness (QED) is 0.725. The Bertz CT molecular complexity index is 527. The van der Waals surface area contributed by atoms with Gasteiger partial charge in [0, 0.05) is 18.3 Å². The van der Waals surface area contributed by atoms with Gasteiger partial charge in [-0.1, -0.05) is 18.2 Å². The maximum atomic E-state index is 11.4. The van der Waals surface area contributed by atoms with Crippen LogP contribution in [0.25, 0.3) is 0 Å². The van der Waals surface area contributed by atoms with Gasteiger partial charge in [0.15, 0.2) is 0 Å². The van der Waals surface area contributed by atoms with Crippen molar-refractivity contribution in [2.45, 2.75) is 18.9 Å². The van der Waals surface area contributed by atoms with E-state index in [1.54, 1.807) is 0 Å². The van der Waals surface area contributed by atoms with Crippen molar-refractivity contribution >= 4 is 17.6 Å². The summed E-state index contributed by atoms with van der Waals surface area (Å²) in [6.45, 7) is 0.484. The molecule has 18 heavy (non-hydrogen) atoms. The van der Waals surface area contributed by atoms with E-state index in [-0.39, 0.29) is 17.9 Å². The Labute approximate surface area is 104 Å². The Morgan fingerprint density at radius 1 is 1.39 bits per heavy atom. The number of para-hydroxylation sites is 1. The van der Waals surface area contributed by atoms with E-state index >= 15 is 0 Å². The molecule has 0 aliphatic carbocycles. The number of fused-ring (bicyclic) bond motifs is 1. The zero-order valence-electron chi connectivity index (χ0n) is 9.77. The van der Waals surface area contributed by atoms with Crippen LogP contribution in [0, 0.1) is 5.92 Å². The standard InChI is InChI=1S/C13H14N2O3/c16-11-5-7-2-1-3-9(12(7)15-11)10-4-8(6-14-10)13(17)18/h1-3,8,10,14H,4-6H2,(H,15,16)(H,17,18). The Morgan fingerprint density at radius 3 is 2.94 bits per heavy atom. The van der Waals surface area contributed by atoms with Crippen LogP contribution < -0.4 is 10.6 Å². The smallest absolute Gasteiger partial charge is 0.307 e. The second kappa shape index (κ2) is 4.10. The summed E-state index contributed by atoms with van der Waals surface area (Å²) in [5.74, 6) is -1.10. The van der Waals surface area contributed by atoms with Crippen LogP contribution in [0.15, 0.2) is 18.2 Å². The molecule has 3 rings (SSSR count). The lowest BCUT2D eigenvalue weighted by Gasteiger charge is -2.15. The van der Waals surface area contributed by atoms with Gasteiger partial charge in [0.05, 0.1) is 12.3 Å². The van der Waals surface area contributed by atoms with Crippen molar-refractivity contribution in [3.63, 3.8) is 0 Å². The topological polar surface area (TPSA) is 78.4 Å². The van der Waals surface area contributed by atoms with Gasteiger partial charge in [-0.2, -0.15) is 0 Å². The predicted molar refractivity (Wildman–Crippen MR) is 65.3 cm³/mol. The summed E-state index contributed by atoms with van der Waals surface area (Å²) in [5.41, 5.74) is 2.87. The number of benzene rings is 1. The lowest BCUT2D eigenvalue weighted by molar-refractivity contribution is -0.141. The Hall–Kier alpha value is -1.88. The molecule has 1 aromatic carbocycles. The summed E-state index contributed by atoms with van der Waals surface area (Å²) in [4.78, 5) is 22.4. The average Bonchev–Trinajstić information content (AvgIpc) is 2.92. The van der Waals surface area contributed by atoms with Gasteiger partial charge in [0.1, 0.15) is 0 Å². The van der Waals surface area contributed by atoms with Gasteiger partial charge in [-0.3, -0.25) is 9.59 Å². The second-order valence-corrected chi connectivity index (χ2v) is 4.84. The number of carbonyl (C=O) groups excluding carboxylic acids is 1. The van der Waals surface area contributed by atoms with Crippen molar-refractivity contribution in [3.05, 3.63) is 29.3 Å². The Morgan fingerprint density at radius 2 is 2.22 bits per heavy atom. The fourth-order valence-corrected chi connectivity index (χ4v) is 2.73. The summed E-state index contributed by atoms with van der Waals surface area (Å²) in [6.07, 6.45) is 0.986. The first-order chi connectivity index (χ1) is 8.65. The van der Waals surface area contributed by atoms with Gasteiger partial charge in [-0.05, 0) is 17.5 Å². The van der Waals surface area contributed by atoms with Gasteiger partial charge in [-0.25, -0.2) is 0 Å². The number of aliphatic carboxylic acids is 1. The highest BCUT2D eigenvalue weighted by Gasteiger charge is 2.33. The fraction of sp³-hybridized carbons (Fsp3) is 0.385. The zero-order chi connectivity index (χ0) is 12.7. The van der Waals surface area contributed by atoms with Gasteiger partial charge in [0.25, 0.3) is 0 Å².